The second-order valence-corrected chi connectivity index (χ2v) is 7.53. The van der Waals surface area contributed by atoms with Crippen molar-refractivity contribution in [3.63, 3.8) is 0 Å². The lowest BCUT2D eigenvalue weighted by Gasteiger charge is -2.24. The van der Waals surface area contributed by atoms with Crippen LogP contribution in [0.4, 0.5) is 5.69 Å². The Hall–Kier alpha value is -2.98. The van der Waals surface area contributed by atoms with Crippen LogP contribution in [-0.2, 0) is 6.54 Å². The topological polar surface area (TPSA) is 122 Å². The molecule has 2 aromatic carbocycles. The zero-order chi connectivity index (χ0) is 22.2. The van der Waals surface area contributed by atoms with Gasteiger partial charge in [0.1, 0.15) is 44.2 Å². The molecular weight excluding hydrogens is 402 g/mol. The molecule has 1 unspecified atom stereocenters. The maximum Gasteiger partial charge on any atom is 0.269 e. The largest absolute Gasteiger partial charge is 0.491 e. The number of para-hydroxylation sites is 1. The number of ether oxygens (including phenoxy) is 1. The molecule has 0 saturated carbocycles. The minimum absolute atomic E-state index is 0.00503. The van der Waals surface area contributed by atoms with Crippen LogP contribution < -0.4 is 9.64 Å². The number of benzene rings is 2. The molecule has 0 saturated heterocycles. The fourth-order valence-electron chi connectivity index (χ4n) is 3.62. The molecule has 0 fully saturated rings. The number of fused-ring (bicyclic) bond motifs is 1. The minimum atomic E-state index is -0.823. The number of hydrogen-bond donors (Lipinski definition) is 4. The number of quaternary nitrogens is 1. The third-order valence-corrected chi connectivity index (χ3v) is 5.09. The van der Waals surface area contributed by atoms with Gasteiger partial charge in [-0.05, 0) is 29.7 Å². The van der Waals surface area contributed by atoms with Gasteiger partial charge < -0.3 is 29.5 Å². The standard InChI is InChI=1S/C22H27N3O6/c26-12-11-23(13-19(27)15-24-10-9-17-3-1-2-4-22(17)24)14-20(28)16-31-21-7-5-18(6-8-21)25(29)30/h1-10,19-20,26-28H,11-16H2/p+1/t19-,20+/m1/s1. The first-order chi connectivity index (χ1) is 15.0. The van der Waals surface area contributed by atoms with Crippen molar-refractivity contribution in [3.05, 3.63) is 70.9 Å². The van der Waals surface area contributed by atoms with Gasteiger partial charge in [0.05, 0.1) is 18.1 Å². The first-order valence-electron chi connectivity index (χ1n) is 10.2. The van der Waals surface area contributed by atoms with Gasteiger partial charge in [-0.3, -0.25) is 10.1 Å². The van der Waals surface area contributed by atoms with E-state index in [9.17, 15) is 25.4 Å². The number of rotatable bonds is 12. The maximum atomic E-state index is 10.7. The molecule has 4 N–H and O–H groups in total. The van der Waals surface area contributed by atoms with Crippen LogP contribution in [-0.4, -0.2) is 69.9 Å². The average molecular weight is 430 g/mol. The third-order valence-electron chi connectivity index (χ3n) is 5.09. The number of aromatic nitrogens is 1. The molecule has 3 aromatic rings. The number of nitrogens with zero attached hydrogens (tertiary/aromatic N) is 2. The molecule has 166 valence electrons. The Bertz CT molecular complexity index is 975. The Morgan fingerprint density at radius 1 is 1.03 bits per heavy atom. The molecule has 3 atom stereocenters. The van der Waals surface area contributed by atoms with Crippen molar-refractivity contribution < 1.29 is 29.9 Å². The fourth-order valence-corrected chi connectivity index (χ4v) is 3.62. The smallest absolute Gasteiger partial charge is 0.269 e. The summed E-state index contributed by atoms with van der Waals surface area (Å²) in [7, 11) is 0. The van der Waals surface area contributed by atoms with Crippen molar-refractivity contribution in [1.29, 1.82) is 0 Å². The third kappa shape index (κ3) is 6.50. The summed E-state index contributed by atoms with van der Waals surface area (Å²) in [5.74, 6) is 0.424. The van der Waals surface area contributed by atoms with Crippen LogP contribution in [0, 0.1) is 10.1 Å². The molecule has 31 heavy (non-hydrogen) atoms. The highest BCUT2D eigenvalue weighted by atomic mass is 16.6. The van der Waals surface area contributed by atoms with E-state index in [1.54, 1.807) is 0 Å². The van der Waals surface area contributed by atoms with E-state index >= 15 is 0 Å². The molecule has 1 aromatic heterocycles. The second-order valence-electron chi connectivity index (χ2n) is 7.53. The lowest BCUT2D eigenvalue weighted by Crippen LogP contribution is -3.14. The highest BCUT2D eigenvalue weighted by molar-refractivity contribution is 5.79. The molecule has 0 spiro atoms. The van der Waals surface area contributed by atoms with Crippen LogP contribution in [0.5, 0.6) is 5.75 Å². The Balaban J connectivity index is 1.50. The molecule has 3 rings (SSSR count). The normalized spacial score (nSPS) is 14.3. The molecule has 1 heterocycles. The van der Waals surface area contributed by atoms with Crippen molar-refractivity contribution >= 4 is 16.6 Å². The molecule has 0 radical (unpaired) electrons. The van der Waals surface area contributed by atoms with Gasteiger partial charge in [0.25, 0.3) is 5.69 Å². The number of aliphatic hydroxyl groups is 3. The predicted octanol–water partition coefficient (Wildman–Crippen LogP) is 0.228. The summed E-state index contributed by atoms with van der Waals surface area (Å²) in [6, 6.07) is 15.6. The maximum absolute atomic E-state index is 10.7. The summed E-state index contributed by atoms with van der Waals surface area (Å²) < 4.78 is 7.50. The number of hydrogen-bond acceptors (Lipinski definition) is 6. The predicted molar refractivity (Wildman–Crippen MR) is 115 cm³/mol. The van der Waals surface area contributed by atoms with Crippen LogP contribution in [0.25, 0.3) is 10.9 Å². The number of nitrogens with one attached hydrogen (secondary N) is 1. The van der Waals surface area contributed by atoms with Crippen molar-refractivity contribution in [1.82, 2.24) is 4.57 Å². The molecule has 9 heteroatoms. The van der Waals surface area contributed by atoms with Crippen LogP contribution >= 0.6 is 0 Å². The Kier molecular flexibility index (Phi) is 7.96. The van der Waals surface area contributed by atoms with Crippen molar-refractivity contribution in [3.8, 4) is 5.75 Å². The summed E-state index contributed by atoms with van der Waals surface area (Å²) in [4.78, 5) is 11.1. The zero-order valence-corrected chi connectivity index (χ0v) is 17.1. The van der Waals surface area contributed by atoms with E-state index in [1.807, 2.05) is 41.1 Å². The van der Waals surface area contributed by atoms with Gasteiger partial charge in [-0.2, -0.15) is 0 Å². The second kappa shape index (κ2) is 10.9. The van der Waals surface area contributed by atoms with Crippen LogP contribution in [0.15, 0.2) is 60.8 Å². The van der Waals surface area contributed by atoms with Crippen LogP contribution in [0.1, 0.15) is 0 Å². The summed E-state index contributed by atoms with van der Waals surface area (Å²) in [6.07, 6.45) is 0.462. The summed E-state index contributed by atoms with van der Waals surface area (Å²) in [5.41, 5.74) is 1.01. The molecule has 9 nitrogen and oxygen atoms in total. The first kappa shape index (κ1) is 22.7. The number of nitro groups is 1. The van der Waals surface area contributed by atoms with E-state index in [4.69, 9.17) is 4.74 Å². The monoisotopic (exact) mass is 430 g/mol. The van der Waals surface area contributed by atoms with Gasteiger partial charge in [-0.1, -0.05) is 18.2 Å². The Morgan fingerprint density at radius 3 is 2.45 bits per heavy atom. The van der Waals surface area contributed by atoms with Gasteiger partial charge in [-0.15, -0.1) is 0 Å². The number of aliphatic hydroxyl groups excluding tert-OH is 3. The first-order valence-corrected chi connectivity index (χ1v) is 10.2. The van der Waals surface area contributed by atoms with Crippen molar-refractivity contribution in [2.24, 2.45) is 0 Å². The van der Waals surface area contributed by atoms with Crippen molar-refractivity contribution in [2.75, 3.05) is 32.8 Å². The summed E-state index contributed by atoms with van der Waals surface area (Å²) in [6.45, 7) is 1.39. The van der Waals surface area contributed by atoms with Gasteiger partial charge in [0, 0.05) is 23.8 Å². The lowest BCUT2D eigenvalue weighted by atomic mass is 10.2. The van der Waals surface area contributed by atoms with E-state index < -0.39 is 17.1 Å². The highest BCUT2D eigenvalue weighted by Crippen LogP contribution is 2.17. The van der Waals surface area contributed by atoms with E-state index in [0.29, 0.717) is 25.4 Å². The van der Waals surface area contributed by atoms with Gasteiger partial charge in [0.15, 0.2) is 0 Å². The lowest BCUT2D eigenvalue weighted by molar-refractivity contribution is -0.906. The van der Waals surface area contributed by atoms with E-state index in [2.05, 4.69) is 0 Å². The Morgan fingerprint density at radius 2 is 1.74 bits per heavy atom. The SMILES string of the molecule is O=[N+]([O-])c1ccc(OC[C@@H](O)C[NH+](CCO)C[C@@H](O)Cn2ccc3ccccc32)cc1. The van der Waals surface area contributed by atoms with Gasteiger partial charge in [-0.25, -0.2) is 0 Å². The Labute approximate surface area is 179 Å². The van der Waals surface area contributed by atoms with E-state index in [-0.39, 0.29) is 25.4 Å². The van der Waals surface area contributed by atoms with Gasteiger partial charge >= 0.3 is 0 Å². The molecule has 0 aliphatic carbocycles. The molecule has 0 amide bonds. The number of nitro benzene ring substituents is 1. The number of non-ortho nitro benzene ring substituents is 1. The van der Waals surface area contributed by atoms with E-state index in [0.717, 1.165) is 15.8 Å². The minimum Gasteiger partial charge on any atom is -0.491 e. The summed E-state index contributed by atoms with van der Waals surface area (Å²) >= 11 is 0. The quantitative estimate of drug-likeness (QED) is 0.241. The molecular formula is C22H28N3O6+. The fraction of sp³-hybridized carbons (Fsp3) is 0.364. The van der Waals surface area contributed by atoms with Crippen LogP contribution in [0.3, 0.4) is 0 Å². The van der Waals surface area contributed by atoms with E-state index in [1.165, 1.54) is 24.3 Å². The van der Waals surface area contributed by atoms with Gasteiger partial charge in [0.2, 0.25) is 0 Å². The van der Waals surface area contributed by atoms with Crippen LogP contribution in [0.2, 0.25) is 0 Å². The highest BCUT2D eigenvalue weighted by Gasteiger charge is 2.20. The molecule has 0 aliphatic heterocycles. The average Bonchev–Trinajstić information content (AvgIpc) is 3.15. The molecule has 0 bridgehead atoms. The molecule has 0 aliphatic rings. The zero-order valence-electron chi connectivity index (χ0n) is 17.1. The summed E-state index contributed by atoms with van der Waals surface area (Å²) in [5, 5.41) is 42.1. The van der Waals surface area contributed by atoms with Crippen molar-refractivity contribution in [2.45, 2.75) is 18.8 Å².